The zero-order valence-corrected chi connectivity index (χ0v) is 14.7. The molecule has 2 aromatic carbocycles. The number of methoxy groups -OCH3 is 2. The Labute approximate surface area is 145 Å². The van der Waals surface area contributed by atoms with Gasteiger partial charge in [-0.25, -0.2) is 4.98 Å². The van der Waals surface area contributed by atoms with Crippen LogP contribution in [0.25, 0.3) is 22.1 Å². The number of thiazole rings is 1. The first-order chi connectivity index (χ1) is 11.7. The lowest BCUT2D eigenvalue weighted by Crippen LogP contribution is -1.97. The molecule has 0 spiro atoms. The maximum Gasteiger partial charge on any atom is 0.133 e. The molecule has 5 heteroatoms. The molecule has 0 aliphatic carbocycles. The molecule has 1 N–H and O–H groups in total. The number of benzene rings is 2. The van der Waals surface area contributed by atoms with Gasteiger partial charge in [-0.3, -0.25) is 0 Å². The lowest BCUT2D eigenvalue weighted by molar-refractivity contribution is 0.388. The molecule has 0 bridgehead atoms. The van der Waals surface area contributed by atoms with Crippen molar-refractivity contribution in [3.8, 4) is 11.5 Å². The molecular formula is C19H19NO3S. The molecule has 0 saturated heterocycles. The van der Waals surface area contributed by atoms with E-state index in [0.29, 0.717) is 11.3 Å². The first-order valence-corrected chi connectivity index (χ1v) is 8.49. The van der Waals surface area contributed by atoms with E-state index in [0.717, 1.165) is 33.0 Å². The van der Waals surface area contributed by atoms with Gasteiger partial charge in [0.2, 0.25) is 0 Å². The van der Waals surface area contributed by atoms with E-state index in [1.54, 1.807) is 26.4 Å². The summed E-state index contributed by atoms with van der Waals surface area (Å²) in [7, 11) is 3.21. The smallest absolute Gasteiger partial charge is 0.133 e. The van der Waals surface area contributed by atoms with E-state index in [2.05, 4.69) is 4.98 Å². The van der Waals surface area contributed by atoms with E-state index in [1.807, 2.05) is 37.3 Å². The number of aliphatic hydroxyl groups is 1. The number of fused-ring (bicyclic) bond motifs is 1. The normalized spacial score (nSPS) is 11.7. The molecule has 1 heterocycles. The number of rotatable bonds is 5. The molecular weight excluding hydrogens is 322 g/mol. The van der Waals surface area contributed by atoms with Crippen molar-refractivity contribution in [2.45, 2.75) is 13.3 Å². The number of para-hydroxylation sites is 1. The Morgan fingerprint density at radius 2 is 1.92 bits per heavy atom. The van der Waals surface area contributed by atoms with Gasteiger partial charge in [0.1, 0.15) is 22.3 Å². The van der Waals surface area contributed by atoms with Crippen LogP contribution in [0, 0.1) is 0 Å². The lowest BCUT2D eigenvalue weighted by atomic mass is 10.0. The molecule has 0 aliphatic heterocycles. The van der Waals surface area contributed by atoms with Crippen LogP contribution in [0.5, 0.6) is 11.5 Å². The molecule has 1 aromatic heterocycles. The van der Waals surface area contributed by atoms with Crippen molar-refractivity contribution in [3.63, 3.8) is 0 Å². The van der Waals surface area contributed by atoms with Crippen molar-refractivity contribution < 1.29 is 14.6 Å². The molecule has 3 rings (SSSR count). The van der Waals surface area contributed by atoms with Gasteiger partial charge < -0.3 is 14.6 Å². The summed E-state index contributed by atoms with van der Waals surface area (Å²) in [6, 6.07) is 11.6. The number of ether oxygens (including phenoxy) is 2. The standard InChI is InChI=1S/C19H19NO3S/c1-4-12-9-13(17(23-3)11-16(12)22-2)15(21)10-19-20-14-7-5-6-8-18(14)24-19/h5-11,21H,4H2,1-3H3/b15-10-. The number of aromatic nitrogens is 1. The number of hydrogen-bond donors (Lipinski definition) is 1. The SMILES string of the molecule is CCc1cc(/C(O)=C/c2nc3ccccc3s2)c(OC)cc1OC. The summed E-state index contributed by atoms with van der Waals surface area (Å²) in [6.07, 6.45) is 2.48. The number of hydrogen-bond acceptors (Lipinski definition) is 5. The highest BCUT2D eigenvalue weighted by Crippen LogP contribution is 2.34. The van der Waals surface area contributed by atoms with Gasteiger partial charge in [0.15, 0.2) is 0 Å². The summed E-state index contributed by atoms with van der Waals surface area (Å²) in [5.74, 6) is 1.45. The van der Waals surface area contributed by atoms with Crippen LogP contribution in [0.2, 0.25) is 0 Å². The van der Waals surface area contributed by atoms with Gasteiger partial charge in [0.25, 0.3) is 0 Å². The van der Waals surface area contributed by atoms with Crippen LogP contribution in [-0.2, 0) is 6.42 Å². The Bertz CT molecular complexity index is 866. The Balaban J connectivity index is 2.06. The Hall–Kier alpha value is -2.53. The van der Waals surface area contributed by atoms with Gasteiger partial charge >= 0.3 is 0 Å². The zero-order valence-electron chi connectivity index (χ0n) is 13.9. The fourth-order valence-corrected chi connectivity index (χ4v) is 3.49. The predicted octanol–water partition coefficient (Wildman–Crippen LogP) is 4.93. The predicted molar refractivity (Wildman–Crippen MR) is 99.0 cm³/mol. The van der Waals surface area contributed by atoms with Crippen molar-refractivity contribution in [2.24, 2.45) is 0 Å². The minimum Gasteiger partial charge on any atom is -0.507 e. The van der Waals surface area contributed by atoms with Gasteiger partial charge in [-0.2, -0.15) is 0 Å². The van der Waals surface area contributed by atoms with Crippen molar-refractivity contribution in [1.29, 1.82) is 0 Å². The molecule has 0 radical (unpaired) electrons. The monoisotopic (exact) mass is 341 g/mol. The van der Waals surface area contributed by atoms with E-state index in [-0.39, 0.29) is 5.76 Å². The molecule has 24 heavy (non-hydrogen) atoms. The second-order valence-corrected chi connectivity index (χ2v) is 6.33. The molecule has 124 valence electrons. The number of nitrogens with zero attached hydrogens (tertiary/aromatic N) is 1. The summed E-state index contributed by atoms with van der Waals surface area (Å²) in [5, 5.41) is 11.4. The third-order valence-corrected chi connectivity index (χ3v) is 4.81. The highest BCUT2D eigenvalue weighted by Gasteiger charge is 2.14. The van der Waals surface area contributed by atoms with E-state index in [9.17, 15) is 5.11 Å². The van der Waals surface area contributed by atoms with Crippen LogP contribution in [-0.4, -0.2) is 24.3 Å². The van der Waals surface area contributed by atoms with E-state index < -0.39 is 0 Å². The van der Waals surface area contributed by atoms with Crippen molar-refractivity contribution >= 4 is 33.4 Å². The maximum atomic E-state index is 10.6. The molecule has 0 unspecified atom stereocenters. The topological polar surface area (TPSA) is 51.6 Å². The summed E-state index contributed by atoms with van der Waals surface area (Å²) >= 11 is 1.54. The third-order valence-electron chi connectivity index (χ3n) is 3.83. The van der Waals surface area contributed by atoms with Crippen molar-refractivity contribution in [1.82, 2.24) is 4.98 Å². The molecule has 0 saturated carbocycles. The summed E-state index contributed by atoms with van der Waals surface area (Å²) < 4.78 is 11.9. The quantitative estimate of drug-likeness (QED) is 0.668. The van der Waals surface area contributed by atoms with E-state index in [1.165, 1.54) is 11.3 Å². The summed E-state index contributed by atoms with van der Waals surface area (Å²) in [6.45, 7) is 2.04. The summed E-state index contributed by atoms with van der Waals surface area (Å²) in [5.41, 5.74) is 2.57. The van der Waals surface area contributed by atoms with Crippen LogP contribution in [0.3, 0.4) is 0 Å². The lowest BCUT2D eigenvalue weighted by Gasteiger charge is -2.13. The van der Waals surface area contributed by atoms with E-state index in [4.69, 9.17) is 9.47 Å². The first-order valence-electron chi connectivity index (χ1n) is 7.67. The molecule has 0 atom stereocenters. The Morgan fingerprint density at radius 1 is 1.17 bits per heavy atom. The highest BCUT2D eigenvalue weighted by atomic mass is 32.1. The average Bonchev–Trinajstić information content (AvgIpc) is 3.02. The molecule has 0 aliphatic rings. The molecule has 0 amide bonds. The van der Waals surface area contributed by atoms with Crippen LogP contribution in [0.1, 0.15) is 23.1 Å². The van der Waals surface area contributed by atoms with Crippen LogP contribution < -0.4 is 9.47 Å². The highest BCUT2D eigenvalue weighted by molar-refractivity contribution is 7.19. The van der Waals surface area contributed by atoms with Crippen molar-refractivity contribution in [3.05, 3.63) is 52.5 Å². The average molecular weight is 341 g/mol. The van der Waals surface area contributed by atoms with E-state index >= 15 is 0 Å². The van der Waals surface area contributed by atoms with Crippen LogP contribution in [0.15, 0.2) is 36.4 Å². The fourth-order valence-electron chi connectivity index (χ4n) is 2.59. The Kier molecular flexibility index (Phi) is 4.71. The molecule has 4 nitrogen and oxygen atoms in total. The Morgan fingerprint density at radius 3 is 2.58 bits per heavy atom. The minimum absolute atomic E-state index is 0.128. The largest absolute Gasteiger partial charge is 0.507 e. The fraction of sp³-hybridized carbons (Fsp3) is 0.211. The van der Waals surface area contributed by atoms with Gasteiger partial charge in [0, 0.05) is 12.1 Å². The van der Waals surface area contributed by atoms with Crippen LogP contribution in [0.4, 0.5) is 0 Å². The first kappa shape index (κ1) is 16.3. The number of aryl methyl sites for hydroxylation is 1. The van der Waals surface area contributed by atoms with Crippen molar-refractivity contribution in [2.75, 3.05) is 14.2 Å². The van der Waals surface area contributed by atoms with Crippen LogP contribution >= 0.6 is 11.3 Å². The van der Waals surface area contributed by atoms with Gasteiger partial charge in [-0.15, -0.1) is 11.3 Å². The number of aliphatic hydroxyl groups excluding tert-OH is 1. The van der Waals surface area contributed by atoms with Gasteiger partial charge in [-0.1, -0.05) is 19.1 Å². The maximum absolute atomic E-state index is 10.6. The molecule has 3 aromatic rings. The minimum atomic E-state index is 0.128. The zero-order chi connectivity index (χ0) is 17.1. The third kappa shape index (κ3) is 3.08. The van der Waals surface area contributed by atoms with Gasteiger partial charge in [0.05, 0.1) is 30.0 Å². The molecule has 0 fully saturated rings. The van der Waals surface area contributed by atoms with Gasteiger partial charge in [-0.05, 0) is 30.2 Å². The second kappa shape index (κ2) is 6.93. The second-order valence-electron chi connectivity index (χ2n) is 5.27. The summed E-state index contributed by atoms with van der Waals surface area (Å²) in [4.78, 5) is 4.53.